The van der Waals surface area contributed by atoms with Crippen LogP contribution in [0, 0.1) is 5.82 Å². The van der Waals surface area contributed by atoms with Gasteiger partial charge >= 0.3 is 6.03 Å². The van der Waals surface area contributed by atoms with E-state index in [-0.39, 0.29) is 19.0 Å². The first kappa shape index (κ1) is 25.0. The van der Waals surface area contributed by atoms with Crippen molar-refractivity contribution in [3.8, 4) is 11.5 Å². The van der Waals surface area contributed by atoms with Gasteiger partial charge in [-0.05, 0) is 39.0 Å². The summed E-state index contributed by atoms with van der Waals surface area (Å²) in [5, 5.41) is 8.64. The van der Waals surface area contributed by atoms with E-state index < -0.39 is 23.3 Å². The van der Waals surface area contributed by atoms with Crippen LogP contribution in [-0.4, -0.2) is 60.9 Å². The Balaban J connectivity index is 1.94. The zero-order chi connectivity index (χ0) is 25.0. The summed E-state index contributed by atoms with van der Waals surface area (Å²) in [5.41, 5.74) is 1.15. The average molecular weight is 471 g/mol. The maximum absolute atomic E-state index is 14.7. The lowest BCUT2D eigenvalue weighted by Gasteiger charge is -2.28. The molecule has 1 aliphatic rings. The van der Waals surface area contributed by atoms with Crippen LogP contribution in [0.2, 0.25) is 0 Å². The van der Waals surface area contributed by atoms with Crippen molar-refractivity contribution in [3.63, 3.8) is 0 Å². The van der Waals surface area contributed by atoms with Crippen LogP contribution < -0.4 is 14.8 Å². The van der Waals surface area contributed by atoms with Crippen LogP contribution in [0.4, 0.5) is 9.18 Å². The lowest BCUT2D eigenvalue weighted by Crippen LogP contribution is -2.49. The van der Waals surface area contributed by atoms with Crippen molar-refractivity contribution in [1.82, 2.24) is 15.2 Å². The van der Waals surface area contributed by atoms with Crippen LogP contribution in [-0.2, 0) is 4.79 Å². The highest BCUT2D eigenvalue weighted by Crippen LogP contribution is 2.37. The number of methoxy groups -OCH3 is 2. The van der Waals surface area contributed by atoms with Crippen molar-refractivity contribution in [2.24, 2.45) is 5.10 Å². The molecule has 1 N–H and O–H groups in total. The molecule has 182 valence electrons. The largest absolute Gasteiger partial charge is 0.497 e. The summed E-state index contributed by atoms with van der Waals surface area (Å²) >= 11 is 0. The minimum Gasteiger partial charge on any atom is -0.497 e. The van der Waals surface area contributed by atoms with E-state index in [0.717, 1.165) is 0 Å². The predicted octanol–water partition coefficient (Wildman–Crippen LogP) is 3.96. The molecule has 0 spiro atoms. The molecule has 1 atom stereocenters. The molecule has 0 radical (unpaired) electrons. The van der Waals surface area contributed by atoms with Crippen LogP contribution in [0.3, 0.4) is 0 Å². The Bertz CT molecular complexity index is 1100. The first-order valence-electron chi connectivity index (χ1n) is 10.9. The van der Waals surface area contributed by atoms with Gasteiger partial charge in [0.1, 0.15) is 23.9 Å². The number of nitrogens with one attached hydrogen (secondary N) is 1. The summed E-state index contributed by atoms with van der Waals surface area (Å²) in [6.45, 7) is 5.35. The van der Waals surface area contributed by atoms with Gasteiger partial charge in [-0.2, -0.15) is 5.10 Å². The third kappa shape index (κ3) is 5.65. The van der Waals surface area contributed by atoms with Gasteiger partial charge < -0.3 is 19.7 Å². The standard InChI is InChI=1S/C25H31FN4O4/c1-25(2,3)27-24(32)29(4)15-23(31)30-21(17-9-7-8-10-19(17)26)14-20(28-30)18-12-11-16(33-5)13-22(18)34-6/h7-13,21H,14-15H2,1-6H3,(H,27,32)/t21-/m1/s1. The second-order valence-electron chi connectivity index (χ2n) is 9.13. The summed E-state index contributed by atoms with van der Waals surface area (Å²) in [5.74, 6) is 0.287. The van der Waals surface area contributed by atoms with E-state index in [9.17, 15) is 14.0 Å². The fraction of sp³-hybridized carbons (Fsp3) is 0.400. The lowest BCUT2D eigenvalue weighted by molar-refractivity contribution is -0.133. The first-order valence-corrected chi connectivity index (χ1v) is 10.9. The third-order valence-corrected chi connectivity index (χ3v) is 5.35. The van der Waals surface area contributed by atoms with Gasteiger partial charge in [-0.1, -0.05) is 18.2 Å². The van der Waals surface area contributed by atoms with Crippen molar-refractivity contribution in [2.75, 3.05) is 27.8 Å². The Hall–Kier alpha value is -3.62. The number of rotatable bonds is 6. The Morgan fingerprint density at radius 1 is 1.18 bits per heavy atom. The molecule has 0 aliphatic carbocycles. The summed E-state index contributed by atoms with van der Waals surface area (Å²) in [6, 6.07) is 10.6. The van der Waals surface area contributed by atoms with E-state index in [4.69, 9.17) is 9.47 Å². The van der Waals surface area contributed by atoms with Crippen LogP contribution in [0.15, 0.2) is 47.6 Å². The molecule has 0 aromatic heterocycles. The monoisotopic (exact) mass is 470 g/mol. The summed E-state index contributed by atoms with van der Waals surface area (Å²) < 4.78 is 25.5. The SMILES string of the molecule is COc1ccc(C2=NN(C(=O)CN(C)C(=O)NC(C)(C)C)[C@@H](c3ccccc3F)C2)c(OC)c1. The molecule has 9 heteroatoms. The van der Waals surface area contributed by atoms with E-state index in [0.29, 0.717) is 28.3 Å². The Kier molecular flexibility index (Phi) is 7.44. The molecule has 3 amide bonds. The molecule has 2 aromatic rings. The summed E-state index contributed by atoms with van der Waals surface area (Å²) in [4.78, 5) is 27.0. The van der Waals surface area contributed by atoms with Gasteiger partial charge in [0.2, 0.25) is 0 Å². The number of amides is 3. The first-order chi connectivity index (χ1) is 16.0. The van der Waals surface area contributed by atoms with Gasteiger partial charge in [-0.25, -0.2) is 14.2 Å². The van der Waals surface area contributed by atoms with Crippen molar-refractivity contribution in [1.29, 1.82) is 0 Å². The number of ether oxygens (including phenoxy) is 2. The van der Waals surface area contributed by atoms with E-state index in [1.807, 2.05) is 20.8 Å². The molecule has 0 fully saturated rings. The molecule has 1 heterocycles. The van der Waals surface area contributed by atoms with Gasteiger partial charge in [-0.3, -0.25) is 4.79 Å². The van der Waals surface area contributed by atoms with E-state index in [1.54, 1.807) is 43.5 Å². The van der Waals surface area contributed by atoms with Crippen LogP contribution >= 0.6 is 0 Å². The molecular weight excluding hydrogens is 439 g/mol. The third-order valence-electron chi connectivity index (χ3n) is 5.35. The predicted molar refractivity (Wildman–Crippen MR) is 128 cm³/mol. The maximum Gasteiger partial charge on any atom is 0.318 e. The molecular formula is C25H31FN4O4. The number of hydrazone groups is 1. The highest BCUT2D eigenvalue weighted by molar-refractivity contribution is 6.05. The van der Waals surface area contributed by atoms with Crippen LogP contribution in [0.5, 0.6) is 11.5 Å². The van der Waals surface area contributed by atoms with Gasteiger partial charge in [-0.15, -0.1) is 0 Å². The molecule has 2 aromatic carbocycles. The normalized spacial score (nSPS) is 15.6. The van der Waals surface area contributed by atoms with Gasteiger partial charge in [0.05, 0.1) is 26.0 Å². The number of nitrogens with zero attached hydrogens (tertiary/aromatic N) is 3. The number of urea groups is 1. The number of carbonyl (C=O) groups excluding carboxylic acids is 2. The van der Waals surface area contributed by atoms with E-state index in [1.165, 1.54) is 30.1 Å². The van der Waals surface area contributed by atoms with Gasteiger partial charge in [0.15, 0.2) is 0 Å². The minimum absolute atomic E-state index is 0.219. The number of hydrogen-bond acceptors (Lipinski definition) is 5. The molecule has 0 bridgehead atoms. The number of carbonyl (C=O) groups is 2. The zero-order valence-electron chi connectivity index (χ0n) is 20.4. The van der Waals surface area contributed by atoms with Gasteiger partial charge in [0, 0.05) is 36.2 Å². The number of likely N-dealkylation sites (N-methyl/N-ethyl adjacent to an activating group) is 1. The Labute approximate surface area is 199 Å². The second kappa shape index (κ2) is 10.1. The highest BCUT2D eigenvalue weighted by Gasteiger charge is 2.36. The number of hydrogen-bond donors (Lipinski definition) is 1. The maximum atomic E-state index is 14.7. The molecule has 8 nitrogen and oxygen atoms in total. The fourth-order valence-electron chi connectivity index (χ4n) is 3.69. The minimum atomic E-state index is -0.658. The highest BCUT2D eigenvalue weighted by atomic mass is 19.1. The Morgan fingerprint density at radius 3 is 2.50 bits per heavy atom. The van der Waals surface area contributed by atoms with Crippen LogP contribution in [0.25, 0.3) is 0 Å². The van der Waals surface area contributed by atoms with Crippen molar-refractivity contribution < 1.29 is 23.5 Å². The van der Waals surface area contributed by atoms with Crippen molar-refractivity contribution in [2.45, 2.75) is 38.8 Å². The molecule has 0 saturated heterocycles. The van der Waals surface area contributed by atoms with E-state index >= 15 is 0 Å². The topological polar surface area (TPSA) is 83.5 Å². The summed E-state index contributed by atoms with van der Waals surface area (Å²) in [7, 11) is 4.63. The van der Waals surface area contributed by atoms with Crippen molar-refractivity contribution >= 4 is 17.6 Å². The fourth-order valence-corrected chi connectivity index (χ4v) is 3.69. The quantitative estimate of drug-likeness (QED) is 0.693. The molecule has 34 heavy (non-hydrogen) atoms. The van der Waals surface area contributed by atoms with Gasteiger partial charge in [0.25, 0.3) is 5.91 Å². The number of benzene rings is 2. The van der Waals surface area contributed by atoms with Crippen molar-refractivity contribution in [3.05, 3.63) is 59.4 Å². The zero-order valence-corrected chi connectivity index (χ0v) is 20.4. The average Bonchev–Trinajstić information content (AvgIpc) is 3.22. The molecule has 3 rings (SSSR count). The smallest absolute Gasteiger partial charge is 0.318 e. The molecule has 0 unspecified atom stereocenters. The van der Waals surface area contributed by atoms with Crippen LogP contribution in [0.1, 0.15) is 44.4 Å². The van der Waals surface area contributed by atoms with E-state index in [2.05, 4.69) is 10.4 Å². The summed E-state index contributed by atoms with van der Waals surface area (Å²) in [6.07, 6.45) is 0.285. The molecule has 1 aliphatic heterocycles. The molecule has 0 saturated carbocycles. The lowest BCUT2D eigenvalue weighted by atomic mass is 9.97. The number of halogens is 1. The second-order valence-corrected chi connectivity index (χ2v) is 9.13. The Morgan fingerprint density at radius 2 is 1.88 bits per heavy atom.